The molecule has 0 amide bonds. The minimum Gasteiger partial charge on any atom is -0.396 e. The van der Waals surface area contributed by atoms with Crippen LogP contribution in [0.15, 0.2) is 34.2 Å². The Morgan fingerprint density at radius 3 is 2.86 bits per heavy atom. The molecular weight excluding hydrogens is 298 g/mol. The van der Waals surface area contributed by atoms with E-state index in [2.05, 4.69) is 11.1 Å². The van der Waals surface area contributed by atoms with Gasteiger partial charge in [0.1, 0.15) is 0 Å². The van der Waals surface area contributed by atoms with Gasteiger partial charge >= 0.3 is 0 Å². The molecule has 0 aliphatic carbocycles. The Kier molecular flexibility index (Phi) is 6.44. The highest BCUT2D eigenvalue weighted by Crippen LogP contribution is 2.19. The van der Waals surface area contributed by atoms with Crippen LogP contribution in [0.1, 0.15) is 25.7 Å². The number of benzene rings is 1. The Morgan fingerprint density at radius 2 is 2.09 bits per heavy atom. The Labute approximate surface area is 133 Å². The number of aromatic nitrogens is 2. The largest absolute Gasteiger partial charge is 0.396 e. The molecule has 0 fully saturated rings. The van der Waals surface area contributed by atoms with Crippen LogP contribution in [0.5, 0.6) is 0 Å². The molecule has 0 aliphatic rings. The van der Waals surface area contributed by atoms with E-state index in [4.69, 9.17) is 10.4 Å². The van der Waals surface area contributed by atoms with Gasteiger partial charge in [-0.05, 0) is 31.4 Å². The standard InChI is InChI=1S/C16H19N3O2S/c17-9-4-1-5-12-22-16-18-14-8-3-2-7-13(14)15(21)19(16)10-6-11-20/h2-3,7-8,20H,1,4-6,10-12H2. The molecule has 6 heteroatoms. The molecule has 5 nitrogen and oxygen atoms in total. The van der Waals surface area contributed by atoms with Gasteiger partial charge in [0, 0.05) is 25.3 Å². The lowest BCUT2D eigenvalue weighted by Gasteiger charge is -2.12. The fourth-order valence-electron chi connectivity index (χ4n) is 2.15. The van der Waals surface area contributed by atoms with Gasteiger partial charge in [0.2, 0.25) is 0 Å². The number of nitriles is 1. The molecule has 1 aromatic carbocycles. The third-order valence-corrected chi connectivity index (χ3v) is 4.34. The summed E-state index contributed by atoms with van der Waals surface area (Å²) < 4.78 is 1.65. The number of hydrogen-bond acceptors (Lipinski definition) is 5. The van der Waals surface area contributed by atoms with Gasteiger partial charge in [-0.15, -0.1) is 0 Å². The van der Waals surface area contributed by atoms with E-state index >= 15 is 0 Å². The zero-order valence-corrected chi connectivity index (χ0v) is 13.2. The summed E-state index contributed by atoms with van der Waals surface area (Å²) in [6.45, 7) is 0.513. The van der Waals surface area contributed by atoms with Crippen LogP contribution >= 0.6 is 11.8 Å². The van der Waals surface area contributed by atoms with Crippen molar-refractivity contribution in [3.8, 4) is 6.07 Å². The van der Waals surface area contributed by atoms with Crippen LogP contribution in [0.2, 0.25) is 0 Å². The summed E-state index contributed by atoms with van der Waals surface area (Å²) in [5, 5.41) is 18.9. The van der Waals surface area contributed by atoms with E-state index in [9.17, 15) is 4.79 Å². The number of aliphatic hydroxyl groups excluding tert-OH is 1. The highest BCUT2D eigenvalue weighted by Gasteiger charge is 2.10. The highest BCUT2D eigenvalue weighted by atomic mass is 32.2. The van der Waals surface area contributed by atoms with Crippen LogP contribution in [0, 0.1) is 11.3 Å². The molecule has 2 rings (SSSR count). The van der Waals surface area contributed by atoms with Crippen molar-refractivity contribution in [1.29, 1.82) is 5.26 Å². The van der Waals surface area contributed by atoms with Crippen molar-refractivity contribution in [1.82, 2.24) is 9.55 Å². The number of hydrogen-bond donors (Lipinski definition) is 1. The molecule has 0 unspecified atom stereocenters. The van der Waals surface area contributed by atoms with Gasteiger partial charge in [-0.3, -0.25) is 9.36 Å². The maximum atomic E-state index is 12.6. The Hall–Kier alpha value is -1.84. The topological polar surface area (TPSA) is 78.9 Å². The summed E-state index contributed by atoms with van der Waals surface area (Å²) in [7, 11) is 0. The molecule has 1 heterocycles. The second-order valence-electron chi connectivity index (χ2n) is 4.91. The minimum atomic E-state index is -0.0569. The molecule has 0 aliphatic heterocycles. The molecule has 22 heavy (non-hydrogen) atoms. The number of nitrogens with zero attached hydrogens (tertiary/aromatic N) is 3. The Balaban J connectivity index is 2.25. The Bertz CT molecular complexity index is 721. The molecular formula is C16H19N3O2S. The summed E-state index contributed by atoms with van der Waals surface area (Å²) in [6.07, 6.45) is 2.86. The van der Waals surface area contributed by atoms with Crippen molar-refractivity contribution in [2.24, 2.45) is 0 Å². The second kappa shape index (κ2) is 8.57. The number of aliphatic hydroxyl groups is 1. The van der Waals surface area contributed by atoms with Crippen molar-refractivity contribution < 1.29 is 5.11 Å². The van der Waals surface area contributed by atoms with Gasteiger partial charge in [-0.1, -0.05) is 23.9 Å². The molecule has 0 bridgehead atoms. The smallest absolute Gasteiger partial charge is 0.262 e. The van der Waals surface area contributed by atoms with Crippen LogP contribution in [-0.4, -0.2) is 27.0 Å². The van der Waals surface area contributed by atoms with Gasteiger partial charge in [-0.2, -0.15) is 5.26 Å². The Morgan fingerprint density at radius 1 is 1.27 bits per heavy atom. The number of thioether (sulfide) groups is 1. The van der Waals surface area contributed by atoms with Crippen LogP contribution in [-0.2, 0) is 6.54 Å². The quantitative estimate of drug-likeness (QED) is 0.460. The van der Waals surface area contributed by atoms with Crippen LogP contribution in [0.3, 0.4) is 0 Å². The molecule has 116 valence electrons. The molecule has 2 aromatic rings. The molecule has 1 aromatic heterocycles. The monoisotopic (exact) mass is 317 g/mol. The normalized spacial score (nSPS) is 10.7. The predicted octanol–water partition coefficient (Wildman–Crippen LogP) is 2.56. The molecule has 0 radical (unpaired) electrons. The van der Waals surface area contributed by atoms with Crippen molar-refractivity contribution in [3.05, 3.63) is 34.6 Å². The molecule has 1 N–H and O–H groups in total. The summed E-state index contributed by atoms with van der Waals surface area (Å²) in [5.74, 6) is 0.825. The SMILES string of the molecule is N#CCCCCSc1nc2ccccc2c(=O)n1CCCO. The van der Waals surface area contributed by atoms with Crippen molar-refractivity contribution >= 4 is 22.7 Å². The predicted molar refractivity (Wildman–Crippen MR) is 87.9 cm³/mol. The molecule has 0 saturated carbocycles. The number of rotatable bonds is 8. The van der Waals surface area contributed by atoms with Gasteiger partial charge in [0.05, 0.1) is 17.0 Å². The van der Waals surface area contributed by atoms with E-state index in [0.29, 0.717) is 35.4 Å². The minimum absolute atomic E-state index is 0.0472. The lowest BCUT2D eigenvalue weighted by molar-refractivity contribution is 0.276. The van der Waals surface area contributed by atoms with Gasteiger partial charge in [0.25, 0.3) is 5.56 Å². The average molecular weight is 317 g/mol. The van der Waals surface area contributed by atoms with Crippen molar-refractivity contribution in [2.75, 3.05) is 12.4 Å². The van der Waals surface area contributed by atoms with E-state index in [1.54, 1.807) is 10.6 Å². The first kappa shape index (κ1) is 16.5. The number of unbranched alkanes of at least 4 members (excludes halogenated alkanes) is 2. The average Bonchev–Trinajstić information content (AvgIpc) is 2.54. The second-order valence-corrected chi connectivity index (χ2v) is 5.97. The fraction of sp³-hybridized carbons (Fsp3) is 0.438. The summed E-state index contributed by atoms with van der Waals surface area (Å²) in [6, 6.07) is 9.45. The maximum Gasteiger partial charge on any atom is 0.262 e. The molecule has 0 saturated heterocycles. The first-order valence-corrected chi connectivity index (χ1v) is 8.36. The summed E-state index contributed by atoms with van der Waals surface area (Å²) >= 11 is 1.54. The maximum absolute atomic E-state index is 12.6. The summed E-state index contributed by atoms with van der Waals surface area (Å²) in [4.78, 5) is 17.2. The van der Waals surface area contributed by atoms with Crippen LogP contribution in [0.4, 0.5) is 0 Å². The van der Waals surface area contributed by atoms with E-state index in [-0.39, 0.29) is 12.2 Å². The third kappa shape index (κ3) is 4.09. The number of para-hydroxylation sites is 1. The lowest BCUT2D eigenvalue weighted by atomic mass is 10.2. The van der Waals surface area contributed by atoms with Crippen molar-refractivity contribution in [2.45, 2.75) is 37.4 Å². The van der Waals surface area contributed by atoms with Crippen LogP contribution in [0.25, 0.3) is 10.9 Å². The van der Waals surface area contributed by atoms with E-state index < -0.39 is 0 Å². The highest BCUT2D eigenvalue weighted by molar-refractivity contribution is 7.99. The fourth-order valence-corrected chi connectivity index (χ4v) is 3.18. The first-order valence-electron chi connectivity index (χ1n) is 7.38. The van der Waals surface area contributed by atoms with Crippen LogP contribution < -0.4 is 5.56 Å². The van der Waals surface area contributed by atoms with E-state index in [0.717, 1.165) is 18.6 Å². The van der Waals surface area contributed by atoms with Gasteiger partial charge in [-0.25, -0.2) is 4.98 Å². The van der Waals surface area contributed by atoms with Gasteiger partial charge in [0.15, 0.2) is 5.16 Å². The third-order valence-electron chi connectivity index (χ3n) is 3.28. The van der Waals surface area contributed by atoms with E-state index in [1.807, 2.05) is 18.2 Å². The van der Waals surface area contributed by atoms with Crippen molar-refractivity contribution in [3.63, 3.8) is 0 Å². The zero-order chi connectivity index (χ0) is 15.8. The number of fused-ring (bicyclic) bond motifs is 1. The first-order chi connectivity index (χ1) is 10.8. The summed E-state index contributed by atoms with van der Waals surface area (Å²) in [5.41, 5.74) is 0.644. The van der Waals surface area contributed by atoms with E-state index in [1.165, 1.54) is 11.8 Å². The molecule has 0 spiro atoms. The molecule has 0 atom stereocenters. The zero-order valence-electron chi connectivity index (χ0n) is 12.4. The van der Waals surface area contributed by atoms with Gasteiger partial charge < -0.3 is 5.11 Å². The lowest BCUT2D eigenvalue weighted by Crippen LogP contribution is -2.24.